The van der Waals surface area contributed by atoms with Crippen molar-refractivity contribution in [1.82, 2.24) is 8.75 Å². The van der Waals surface area contributed by atoms with Crippen molar-refractivity contribution in [2.75, 3.05) is 24.3 Å². The molecule has 0 fully saturated rings. The zero-order valence-electron chi connectivity index (χ0n) is 12.8. The summed E-state index contributed by atoms with van der Waals surface area (Å²) in [5.41, 5.74) is 3.25. The highest BCUT2D eigenvalue weighted by atomic mass is 32.1. The van der Waals surface area contributed by atoms with E-state index in [-0.39, 0.29) is 12.5 Å². The highest BCUT2D eigenvalue weighted by molar-refractivity contribution is 7.00. The predicted molar refractivity (Wildman–Crippen MR) is 92.3 cm³/mol. The van der Waals surface area contributed by atoms with Crippen molar-refractivity contribution in [3.63, 3.8) is 0 Å². The Morgan fingerprint density at radius 2 is 1.92 bits per heavy atom. The lowest BCUT2D eigenvalue weighted by Gasteiger charge is -2.08. The maximum absolute atomic E-state index is 12.1. The van der Waals surface area contributed by atoms with Gasteiger partial charge in [0.05, 0.1) is 36.6 Å². The van der Waals surface area contributed by atoms with Gasteiger partial charge in [0.1, 0.15) is 11.0 Å². The second kappa shape index (κ2) is 7.05. The Labute approximate surface area is 142 Å². The summed E-state index contributed by atoms with van der Waals surface area (Å²) in [7, 11) is 1.33. The Balaban J connectivity index is 1.59. The summed E-state index contributed by atoms with van der Waals surface area (Å²) in [6, 6.07) is 12.1. The van der Waals surface area contributed by atoms with Crippen LogP contribution in [0.5, 0.6) is 0 Å². The molecule has 24 heavy (non-hydrogen) atoms. The molecule has 0 spiro atoms. The van der Waals surface area contributed by atoms with Crippen LogP contribution in [0.15, 0.2) is 42.5 Å². The first-order chi connectivity index (χ1) is 11.7. The van der Waals surface area contributed by atoms with Crippen molar-refractivity contribution in [2.45, 2.75) is 0 Å². The van der Waals surface area contributed by atoms with Crippen LogP contribution in [-0.2, 0) is 9.53 Å². The largest absolute Gasteiger partial charge is 0.465 e. The van der Waals surface area contributed by atoms with Crippen LogP contribution in [0.25, 0.3) is 11.0 Å². The molecule has 3 rings (SSSR count). The number of aromatic nitrogens is 2. The molecule has 1 amide bonds. The van der Waals surface area contributed by atoms with E-state index in [2.05, 4.69) is 24.1 Å². The number of nitrogens with one attached hydrogen (secondary N) is 2. The van der Waals surface area contributed by atoms with Crippen LogP contribution in [0.3, 0.4) is 0 Å². The van der Waals surface area contributed by atoms with E-state index in [4.69, 9.17) is 0 Å². The second-order valence-corrected chi connectivity index (χ2v) is 5.44. The third-order valence-corrected chi connectivity index (χ3v) is 3.86. The lowest BCUT2D eigenvalue weighted by atomic mass is 10.2. The number of amides is 1. The minimum atomic E-state index is -0.399. The predicted octanol–water partition coefficient (Wildman–Crippen LogP) is 2.53. The average molecular weight is 342 g/mol. The van der Waals surface area contributed by atoms with Crippen LogP contribution in [0, 0.1) is 0 Å². The van der Waals surface area contributed by atoms with Gasteiger partial charge in [-0.1, -0.05) is 6.07 Å². The number of methoxy groups -OCH3 is 1. The van der Waals surface area contributed by atoms with Crippen molar-refractivity contribution < 1.29 is 14.3 Å². The van der Waals surface area contributed by atoms with Gasteiger partial charge in [0.2, 0.25) is 5.91 Å². The molecule has 0 aliphatic carbocycles. The summed E-state index contributed by atoms with van der Waals surface area (Å²) < 4.78 is 12.9. The number of anilines is 2. The van der Waals surface area contributed by atoms with Gasteiger partial charge in [0, 0.05) is 5.69 Å². The van der Waals surface area contributed by atoms with E-state index in [1.54, 1.807) is 30.3 Å². The maximum Gasteiger partial charge on any atom is 0.337 e. The molecule has 0 radical (unpaired) electrons. The lowest BCUT2D eigenvalue weighted by Crippen LogP contribution is -2.21. The topological polar surface area (TPSA) is 93.2 Å². The maximum atomic E-state index is 12.1. The summed E-state index contributed by atoms with van der Waals surface area (Å²) in [5, 5.41) is 5.80. The zero-order valence-corrected chi connectivity index (χ0v) is 13.6. The highest BCUT2D eigenvalue weighted by Gasteiger charge is 2.09. The molecule has 0 aliphatic heterocycles. The molecule has 2 N–H and O–H groups in total. The summed E-state index contributed by atoms with van der Waals surface area (Å²) >= 11 is 1.11. The van der Waals surface area contributed by atoms with Crippen molar-refractivity contribution in [1.29, 1.82) is 0 Å². The van der Waals surface area contributed by atoms with Crippen molar-refractivity contribution >= 4 is 46.0 Å². The minimum absolute atomic E-state index is 0.0888. The molecule has 122 valence electrons. The monoisotopic (exact) mass is 342 g/mol. The molecule has 0 bridgehead atoms. The number of nitrogens with zero attached hydrogens (tertiary/aromatic N) is 2. The number of carbonyl (C=O) groups is 2. The average Bonchev–Trinajstić information content (AvgIpc) is 3.09. The molecule has 1 aromatic heterocycles. The van der Waals surface area contributed by atoms with Crippen LogP contribution in [-0.4, -0.2) is 34.3 Å². The van der Waals surface area contributed by atoms with E-state index in [0.717, 1.165) is 22.9 Å². The first-order valence-electron chi connectivity index (χ1n) is 7.11. The van der Waals surface area contributed by atoms with Crippen LogP contribution < -0.4 is 10.6 Å². The molecule has 8 heteroatoms. The van der Waals surface area contributed by atoms with Gasteiger partial charge >= 0.3 is 5.97 Å². The molecule has 2 aromatic carbocycles. The Morgan fingerprint density at radius 1 is 1.12 bits per heavy atom. The summed E-state index contributed by atoms with van der Waals surface area (Å²) in [6.07, 6.45) is 0. The molecule has 0 atom stereocenters. The molecule has 0 saturated heterocycles. The SMILES string of the molecule is COC(=O)c1ccc(NCC(=O)Nc2cccc3nsnc23)cc1. The molecule has 0 saturated carbocycles. The zero-order chi connectivity index (χ0) is 16.9. The standard InChI is InChI=1S/C16H14N4O3S/c1-23-16(22)10-5-7-11(8-6-10)17-9-14(21)18-12-3-2-4-13-15(12)20-24-19-13/h2-8,17H,9H2,1H3,(H,18,21). The molecule has 3 aromatic rings. The Kier molecular flexibility index (Phi) is 4.66. The molecule has 7 nitrogen and oxygen atoms in total. The van der Waals surface area contributed by atoms with Gasteiger partial charge in [-0.15, -0.1) is 0 Å². The van der Waals surface area contributed by atoms with Crippen LogP contribution >= 0.6 is 11.7 Å². The molecule has 1 heterocycles. The third kappa shape index (κ3) is 3.49. The number of fused-ring (bicyclic) bond motifs is 1. The Morgan fingerprint density at radius 3 is 2.67 bits per heavy atom. The van der Waals surface area contributed by atoms with Gasteiger partial charge in [0.15, 0.2) is 0 Å². The number of rotatable bonds is 5. The van der Waals surface area contributed by atoms with Crippen molar-refractivity contribution in [3.8, 4) is 0 Å². The van der Waals surface area contributed by atoms with Gasteiger partial charge < -0.3 is 15.4 Å². The first kappa shape index (κ1) is 15.9. The fraction of sp³-hybridized carbons (Fsp3) is 0.125. The van der Waals surface area contributed by atoms with E-state index in [1.165, 1.54) is 7.11 Å². The van der Waals surface area contributed by atoms with Crippen LogP contribution in [0.4, 0.5) is 11.4 Å². The number of hydrogen-bond donors (Lipinski definition) is 2. The molecule has 0 aliphatic rings. The molecular weight excluding hydrogens is 328 g/mol. The lowest BCUT2D eigenvalue weighted by molar-refractivity contribution is -0.114. The van der Waals surface area contributed by atoms with E-state index in [0.29, 0.717) is 16.8 Å². The van der Waals surface area contributed by atoms with Gasteiger partial charge in [-0.25, -0.2) is 4.79 Å². The number of esters is 1. The first-order valence-corrected chi connectivity index (χ1v) is 7.84. The molecule has 0 unspecified atom stereocenters. The summed E-state index contributed by atoms with van der Waals surface area (Å²) in [4.78, 5) is 23.4. The van der Waals surface area contributed by atoms with Gasteiger partial charge in [-0.3, -0.25) is 4.79 Å². The molecular formula is C16H14N4O3S. The highest BCUT2D eigenvalue weighted by Crippen LogP contribution is 2.21. The normalized spacial score (nSPS) is 10.4. The summed E-state index contributed by atoms with van der Waals surface area (Å²) in [6.45, 7) is 0.0888. The van der Waals surface area contributed by atoms with Crippen LogP contribution in [0.2, 0.25) is 0 Å². The van der Waals surface area contributed by atoms with Gasteiger partial charge in [-0.05, 0) is 36.4 Å². The number of benzene rings is 2. The fourth-order valence-electron chi connectivity index (χ4n) is 2.13. The van der Waals surface area contributed by atoms with Gasteiger partial charge in [-0.2, -0.15) is 8.75 Å². The smallest absolute Gasteiger partial charge is 0.337 e. The van der Waals surface area contributed by atoms with Crippen molar-refractivity contribution in [3.05, 3.63) is 48.0 Å². The Hall–Kier alpha value is -3.00. The number of hydrogen-bond acceptors (Lipinski definition) is 7. The fourth-order valence-corrected chi connectivity index (χ4v) is 2.68. The van der Waals surface area contributed by atoms with Crippen LogP contribution in [0.1, 0.15) is 10.4 Å². The van der Waals surface area contributed by atoms with Gasteiger partial charge in [0.25, 0.3) is 0 Å². The summed E-state index contributed by atoms with van der Waals surface area (Å²) in [5.74, 6) is -0.600. The quantitative estimate of drug-likeness (QED) is 0.692. The minimum Gasteiger partial charge on any atom is -0.465 e. The van der Waals surface area contributed by atoms with E-state index in [1.807, 2.05) is 12.1 Å². The number of carbonyl (C=O) groups excluding carboxylic acids is 2. The number of ether oxygens (including phenoxy) is 1. The van der Waals surface area contributed by atoms with E-state index in [9.17, 15) is 9.59 Å². The second-order valence-electron chi connectivity index (χ2n) is 4.91. The van der Waals surface area contributed by atoms with E-state index < -0.39 is 5.97 Å². The van der Waals surface area contributed by atoms with Crippen molar-refractivity contribution in [2.24, 2.45) is 0 Å². The third-order valence-electron chi connectivity index (χ3n) is 3.32. The Bertz CT molecular complexity index is 876. The van der Waals surface area contributed by atoms with E-state index >= 15 is 0 Å².